The summed E-state index contributed by atoms with van der Waals surface area (Å²) < 4.78 is 18.2. The molecule has 104 valence electrons. The Kier molecular flexibility index (Phi) is 5.37. The predicted molar refractivity (Wildman–Crippen MR) is 66.0 cm³/mol. The molecule has 0 fully saturated rings. The number of nitro benzene ring substituents is 1. The number of hydrogen-bond acceptors (Lipinski definition) is 5. The maximum absolute atomic E-state index is 13.4. The van der Waals surface area contributed by atoms with Crippen LogP contribution in [0.15, 0.2) is 18.2 Å². The quantitative estimate of drug-likeness (QED) is 0.447. The summed E-state index contributed by atoms with van der Waals surface area (Å²) in [6, 6.07) is 3.67. The molecule has 0 saturated heterocycles. The van der Waals surface area contributed by atoms with Gasteiger partial charge in [-0.05, 0) is 25.6 Å². The van der Waals surface area contributed by atoms with Crippen molar-refractivity contribution in [2.24, 2.45) is 0 Å². The lowest BCUT2D eigenvalue weighted by molar-refractivity contribution is -0.387. The molecule has 0 atom stereocenters. The van der Waals surface area contributed by atoms with Crippen LogP contribution in [0.5, 0.6) is 0 Å². The molecule has 1 rings (SSSR count). The Labute approximate surface area is 109 Å². The summed E-state index contributed by atoms with van der Waals surface area (Å²) in [6.45, 7) is 2.39. The van der Waals surface area contributed by atoms with Gasteiger partial charge in [0.2, 0.25) is 5.82 Å². The van der Waals surface area contributed by atoms with Crippen LogP contribution in [0.4, 0.5) is 10.1 Å². The van der Waals surface area contributed by atoms with Crippen molar-refractivity contribution < 1.29 is 18.8 Å². The third-order valence-electron chi connectivity index (χ3n) is 2.37. The van der Waals surface area contributed by atoms with Crippen molar-refractivity contribution in [3.8, 4) is 0 Å². The van der Waals surface area contributed by atoms with Gasteiger partial charge in [0.05, 0.1) is 18.1 Å². The molecule has 0 saturated carbocycles. The number of rotatable bonds is 6. The number of nitrogens with zero attached hydrogens (tertiary/aromatic N) is 2. The van der Waals surface area contributed by atoms with Crippen LogP contribution in [0.1, 0.15) is 12.5 Å². The van der Waals surface area contributed by atoms with Crippen molar-refractivity contribution >= 4 is 11.7 Å². The van der Waals surface area contributed by atoms with E-state index in [1.807, 2.05) is 0 Å². The molecule has 1 aromatic rings. The van der Waals surface area contributed by atoms with Crippen molar-refractivity contribution in [2.45, 2.75) is 13.5 Å². The minimum Gasteiger partial charge on any atom is -0.465 e. The van der Waals surface area contributed by atoms with Gasteiger partial charge in [-0.2, -0.15) is 4.39 Å². The third kappa shape index (κ3) is 4.63. The Morgan fingerprint density at radius 2 is 2.21 bits per heavy atom. The van der Waals surface area contributed by atoms with Crippen LogP contribution < -0.4 is 0 Å². The Morgan fingerprint density at radius 1 is 1.53 bits per heavy atom. The number of halogens is 1. The first-order chi connectivity index (χ1) is 8.93. The average molecular weight is 270 g/mol. The highest BCUT2D eigenvalue weighted by Crippen LogP contribution is 2.18. The molecule has 0 aromatic heterocycles. The molecule has 7 heteroatoms. The van der Waals surface area contributed by atoms with E-state index in [9.17, 15) is 19.3 Å². The molecule has 0 aliphatic heterocycles. The molecule has 0 spiro atoms. The molecule has 0 radical (unpaired) electrons. The van der Waals surface area contributed by atoms with Crippen molar-refractivity contribution in [2.75, 3.05) is 20.2 Å². The first-order valence-electron chi connectivity index (χ1n) is 5.71. The van der Waals surface area contributed by atoms with E-state index >= 15 is 0 Å². The Hall–Kier alpha value is -2.02. The molecule has 0 unspecified atom stereocenters. The monoisotopic (exact) mass is 270 g/mol. The van der Waals surface area contributed by atoms with Crippen LogP contribution in [-0.4, -0.2) is 36.0 Å². The second-order valence-electron chi connectivity index (χ2n) is 4.02. The maximum Gasteiger partial charge on any atom is 0.320 e. The summed E-state index contributed by atoms with van der Waals surface area (Å²) in [5, 5.41) is 10.5. The number of carbonyl (C=O) groups is 1. The van der Waals surface area contributed by atoms with Crippen molar-refractivity contribution in [1.29, 1.82) is 0 Å². The van der Waals surface area contributed by atoms with Gasteiger partial charge < -0.3 is 4.74 Å². The van der Waals surface area contributed by atoms with Crippen LogP contribution in [0.3, 0.4) is 0 Å². The number of carbonyl (C=O) groups excluding carboxylic acids is 1. The first kappa shape index (κ1) is 15.0. The summed E-state index contributed by atoms with van der Waals surface area (Å²) in [6.07, 6.45) is 0. The smallest absolute Gasteiger partial charge is 0.320 e. The highest BCUT2D eigenvalue weighted by molar-refractivity contribution is 5.71. The SMILES string of the molecule is CCOC(=O)CN(C)Cc1ccc([N+](=O)[O-])c(F)c1. The van der Waals surface area contributed by atoms with E-state index in [0.717, 1.165) is 12.1 Å². The zero-order chi connectivity index (χ0) is 14.4. The Balaban J connectivity index is 2.65. The third-order valence-corrected chi connectivity index (χ3v) is 2.37. The lowest BCUT2D eigenvalue weighted by Gasteiger charge is -2.15. The Morgan fingerprint density at radius 3 is 2.74 bits per heavy atom. The van der Waals surface area contributed by atoms with Gasteiger partial charge in [-0.3, -0.25) is 19.8 Å². The van der Waals surface area contributed by atoms with Gasteiger partial charge >= 0.3 is 11.7 Å². The van der Waals surface area contributed by atoms with Gasteiger partial charge in [0.15, 0.2) is 0 Å². The number of benzene rings is 1. The molecule has 6 nitrogen and oxygen atoms in total. The molecule has 1 aromatic carbocycles. The second kappa shape index (κ2) is 6.79. The average Bonchev–Trinajstić information content (AvgIpc) is 2.28. The highest BCUT2D eigenvalue weighted by Gasteiger charge is 2.15. The number of nitro groups is 1. The summed E-state index contributed by atoms with van der Waals surface area (Å²) in [7, 11) is 1.68. The minimum absolute atomic E-state index is 0.0758. The van der Waals surface area contributed by atoms with Crippen LogP contribution >= 0.6 is 0 Å². The van der Waals surface area contributed by atoms with E-state index < -0.39 is 16.4 Å². The molecule has 0 bridgehead atoms. The van der Waals surface area contributed by atoms with E-state index in [1.54, 1.807) is 18.9 Å². The van der Waals surface area contributed by atoms with Crippen LogP contribution in [0, 0.1) is 15.9 Å². The molecule has 19 heavy (non-hydrogen) atoms. The predicted octanol–water partition coefficient (Wildman–Crippen LogP) is 1.73. The standard InChI is InChI=1S/C12H15FN2O4/c1-3-19-12(16)8-14(2)7-9-4-5-11(15(17)18)10(13)6-9/h4-6H,3,7-8H2,1-2H3. The first-order valence-corrected chi connectivity index (χ1v) is 5.71. The lowest BCUT2D eigenvalue weighted by atomic mass is 10.2. The second-order valence-corrected chi connectivity index (χ2v) is 4.02. The minimum atomic E-state index is -0.882. The van der Waals surface area contributed by atoms with Crippen LogP contribution in [0.2, 0.25) is 0 Å². The van der Waals surface area contributed by atoms with E-state index in [0.29, 0.717) is 18.7 Å². The highest BCUT2D eigenvalue weighted by atomic mass is 19.1. The maximum atomic E-state index is 13.4. The zero-order valence-corrected chi connectivity index (χ0v) is 10.8. The molecule has 0 aliphatic rings. The molecular formula is C12H15FN2O4. The topological polar surface area (TPSA) is 72.7 Å². The van der Waals surface area contributed by atoms with Gasteiger partial charge in [0, 0.05) is 12.6 Å². The number of esters is 1. The number of hydrogen-bond donors (Lipinski definition) is 0. The molecule has 0 heterocycles. The Bertz CT molecular complexity index is 479. The zero-order valence-electron chi connectivity index (χ0n) is 10.8. The molecule has 0 N–H and O–H groups in total. The van der Waals surface area contributed by atoms with Gasteiger partial charge in [0.1, 0.15) is 0 Å². The van der Waals surface area contributed by atoms with Gasteiger partial charge in [-0.25, -0.2) is 0 Å². The van der Waals surface area contributed by atoms with E-state index in [-0.39, 0.29) is 12.5 Å². The van der Waals surface area contributed by atoms with Crippen molar-refractivity contribution in [1.82, 2.24) is 4.90 Å². The van der Waals surface area contributed by atoms with E-state index in [2.05, 4.69) is 0 Å². The summed E-state index contributed by atoms with van der Waals surface area (Å²) >= 11 is 0. The molecule has 0 aliphatic carbocycles. The molecule has 0 amide bonds. The van der Waals surface area contributed by atoms with E-state index in [4.69, 9.17) is 4.74 Å². The van der Waals surface area contributed by atoms with Crippen molar-refractivity contribution in [3.05, 3.63) is 39.7 Å². The summed E-state index contributed by atoms with van der Waals surface area (Å²) in [5.74, 6) is -1.25. The van der Waals surface area contributed by atoms with Crippen LogP contribution in [-0.2, 0) is 16.1 Å². The van der Waals surface area contributed by atoms with Crippen LogP contribution in [0.25, 0.3) is 0 Å². The summed E-state index contributed by atoms with van der Waals surface area (Å²) in [5.41, 5.74) is -0.00769. The fraction of sp³-hybridized carbons (Fsp3) is 0.417. The fourth-order valence-electron chi connectivity index (χ4n) is 1.59. The summed E-state index contributed by atoms with van der Waals surface area (Å²) in [4.78, 5) is 22.6. The van der Waals surface area contributed by atoms with Gasteiger partial charge in [0.25, 0.3) is 0 Å². The molecular weight excluding hydrogens is 255 g/mol. The van der Waals surface area contributed by atoms with Gasteiger partial charge in [-0.15, -0.1) is 0 Å². The van der Waals surface area contributed by atoms with E-state index in [1.165, 1.54) is 6.07 Å². The normalized spacial score (nSPS) is 10.5. The fourth-order valence-corrected chi connectivity index (χ4v) is 1.59. The van der Waals surface area contributed by atoms with Crippen molar-refractivity contribution in [3.63, 3.8) is 0 Å². The van der Waals surface area contributed by atoms with Gasteiger partial charge in [-0.1, -0.05) is 6.07 Å². The number of likely N-dealkylation sites (N-methyl/N-ethyl adjacent to an activating group) is 1. The lowest BCUT2D eigenvalue weighted by Crippen LogP contribution is -2.27. The largest absolute Gasteiger partial charge is 0.465 e. The number of ether oxygens (including phenoxy) is 1.